The topological polar surface area (TPSA) is 169 Å². The summed E-state index contributed by atoms with van der Waals surface area (Å²) in [4.78, 5) is 46.1. The van der Waals surface area contributed by atoms with Crippen LogP contribution in [0.4, 0.5) is 0 Å². The highest BCUT2D eigenvalue weighted by Crippen LogP contribution is 2.43. The molecular weight excluding hydrogens is 830 g/mol. The van der Waals surface area contributed by atoms with E-state index in [0.717, 1.165) is 38.5 Å². The Labute approximate surface area is 393 Å². The monoisotopic (exact) mass is 932 g/mol. The number of carbonyl (C=O) groups excluding carboxylic acids is 2. The molecule has 0 radical (unpaired) electrons. The number of phosphoric acid groups is 1. The molecular formula is C52H102NO10P. The minimum Gasteiger partial charge on any atom is -0.480 e. The first kappa shape index (κ1) is 62.5. The summed E-state index contributed by atoms with van der Waals surface area (Å²) in [5.74, 6) is -2.34. The lowest BCUT2D eigenvalue weighted by atomic mass is 10.0. The lowest BCUT2D eigenvalue weighted by Gasteiger charge is -2.18. The minimum absolute atomic E-state index is 0.153. The molecule has 64 heavy (non-hydrogen) atoms. The summed E-state index contributed by atoms with van der Waals surface area (Å²) in [5.41, 5.74) is 0. The Kier molecular flexibility index (Phi) is 46.8. The number of aliphatic hydroxyl groups excluding tert-OH is 1. The number of amides is 1. The number of hydrogen-bond acceptors (Lipinski definition) is 8. The zero-order valence-electron chi connectivity index (χ0n) is 41.6. The maximum absolute atomic E-state index is 12.4. The van der Waals surface area contributed by atoms with Gasteiger partial charge in [0, 0.05) is 12.8 Å². The summed E-state index contributed by atoms with van der Waals surface area (Å²) >= 11 is 0. The van der Waals surface area contributed by atoms with E-state index in [9.17, 15) is 34.1 Å². The molecule has 0 bridgehead atoms. The first-order valence-corrected chi connectivity index (χ1v) is 28.6. The number of aliphatic carboxylic acids is 1. The van der Waals surface area contributed by atoms with Crippen LogP contribution < -0.4 is 5.32 Å². The van der Waals surface area contributed by atoms with Crippen molar-refractivity contribution in [1.29, 1.82) is 0 Å². The van der Waals surface area contributed by atoms with Crippen molar-refractivity contribution in [3.63, 3.8) is 0 Å². The van der Waals surface area contributed by atoms with E-state index in [-0.39, 0.29) is 12.8 Å². The van der Waals surface area contributed by atoms with E-state index in [2.05, 4.69) is 19.2 Å². The molecule has 0 heterocycles. The summed E-state index contributed by atoms with van der Waals surface area (Å²) in [5, 5.41) is 21.9. The van der Waals surface area contributed by atoms with Crippen LogP contribution in [0.15, 0.2) is 0 Å². The van der Waals surface area contributed by atoms with Gasteiger partial charge >= 0.3 is 19.8 Å². The van der Waals surface area contributed by atoms with Crippen LogP contribution in [-0.4, -0.2) is 64.9 Å². The van der Waals surface area contributed by atoms with Gasteiger partial charge in [0.15, 0.2) is 6.04 Å². The molecule has 0 aromatic carbocycles. The highest BCUT2D eigenvalue weighted by Gasteiger charge is 2.28. The average molecular weight is 932 g/mol. The number of carboxylic acids is 1. The Balaban J connectivity index is 3.74. The molecule has 0 aliphatic heterocycles. The molecule has 0 aromatic heterocycles. The zero-order valence-corrected chi connectivity index (χ0v) is 42.5. The fourth-order valence-corrected chi connectivity index (χ4v) is 8.97. The third-order valence-corrected chi connectivity index (χ3v) is 13.3. The SMILES string of the molecule is CCCCCCCCCCCCCCCCCCCCCCCCCC(=O)OCC(O)COP(=O)(O)OCC(NC(=O)CCCCCCCCCCCCCCCCCCC)C(=O)O. The van der Waals surface area contributed by atoms with Gasteiger partial charge in [-0.3, -0.25) is 18.6 Å². The smallest absolute Gasteiger partial charge is 0.472 e. The van der Waals surface area contributed by atoms with Crippen LogP contribution in [0.2, 0.25) is 0 Å². The Hall–Kier alpha value is -1.52. The Morgan fingerprint density at radius 2 is 0.719 bits per heavy atom. The number of rotatable bonds is 52. The second-order valence-electron chi connectivity index (χ2n) is 18.8. The molecule has 0 fully saturated rings. The fraction of sp³-hybridized carbons (Fsp3) is 0.942. The van der Waals surface area contributed by atoms with Gasteiger partial charge in [-0.25, -0.2) is 9.36 Å². The van der Waals surface area contributed by atoms with E-state index in [1.54, 1.807) is 0 Å². The van der Waals surface area contributed by atoms with Crippen molar-refractivity contribution in [3.05, 3.63) is 0 Å². The molecule has 12 heteroatoms. The second-order valence-corrected chi connectivity index (χ2v) is 20.2. The van der Waals surface area contributed by atoms with Crippen molar-refractivity contribution in [1.82, 2.24) is 5.32 Å². The van der Waals surface area contributed by atoms with Crippen molar-refractivity contribution in [2.75, 3.05) is 19.8 Å². The van der Waals surface area contributed by atoms with Crippen molar-refractivity contribution in [3.8, 4) is 0 Å². The van der Waals surface area contributed by atoms with Crippen LogP contribution in [0.1, 0.15) is 284 Å². The van der Waals surface area contributed by atoms with Crippen LogP contribution in [0.5, 0.6) is 0 Å². The number of aliphatic hydroxyl groups is 1. The first-order valence-electron chi connectivity index (χ1n) is 27.1. The second kappa shape index (κ2) is 48.0. The van der Waals surface area contributed by atoms with E-state index < -0.39 is 57.6 Å². The molecule has 0 aliphatic carbocycles. The number of carbonyl (C=O) groups is 3. The standard InChI is InChI=1S/C52H102NO10P/c1-3-5-7-9-11-13-15-17-19-21-22-23-24-25-26-28-30-32-34-36-38-40-42-44-51(56)61-45-48(54)46-62-64(59,60)63-47-49(52(57)58)53-50(55)43-41-39-37-35-33-31-29-27-20-18-16-14-12-10-8-6-4-2/h48-49,54H,3-47H2,1-2H3,(H,53,55)(H,57,58)(H,59,60). The number of nitrogens with one attached hydrogen (secondary N) is 1. The van der Waals surface area contributed by atoms with Crippen molar-refractivity contribution < 1.29 is 47.8 Å². The number of esters is 1. The maximum atomic E-state index is 12.4. The summed E-state index contributed by atoms with van der Waals surface area (Å²) in [6.07, 6.45) is 49.9. The van der Waals surface area contributed by atoms with Gasteiger partial charge in [-0.1, -0.05) is 258 Å². The molecule has 0 spiro atoms. The first-order chi connectivity index (χ1) is 31.1. The van der Waals surface area contributed by atoms with Gasteiger partial charge in [0.1, 0.15) is 12.7 Å². The van der Waals surface area contributed by atoms with Crippen molar-refractivity contribution in [2.45, 2.75) is 296 Å². The number of phosphoric ester groups is 1. The van der Waals surface area contributed by atoms with Gasteiger partial charge in [-0.2, -0.15) is 0 Å². The predicted octanol–water partition coefficient (Wildman–Crippen LogP) is 15.0. The van der Waals surface area contributed by atoms with E-state index in [1.165, 1.54) is 205 Å². The Morgan fingerprint density at radius 3 is 1.03 bits per heavy atom. The van der Waals surface area contributed by atoms with Crippen LogP contribution in [-0.2, 0) is 32.7 Å². The van der Waals surface area contributed by atoms with E-state index in [1.807, 2.05) is 0 Å². The fourth-order valence-electron chi connectivity index (χ4n) is 8.20. The number of unbranched alkanes of at least 4 members (excludes halogenated alkanes) is 38. The molecule has 0 aliphatic rings. The van der Waals surface area contributed by atoms with Gasteiger partial charge in [-0.05, 0) is 12.8 Å². The molecule has 3 unspecified atom stereocenters. The summed E-state index contributed by atoms with van der Waals surface area (Å²) in [7, 11) is -4.75. The molecule has 380 valence electrons. The van der Waals surface area contributed by atoms with Crippen LogP contribution >= 0.6 is 7.82 Å². The van der Waals surface area contributed by atoms with Gasteiger partial charge < -0.3 is 25.2 Å². The number of carboxylic acid groups (broad SMARTS) is 1. The maximum Gasteiger partial charge on any atom is 0.472 e. The molecule has 0 saturated heterocycles. The lowest BCUT2D eigenvalue weighted by Crippen LogP contribution is -2.43. The number of hydrogen-bond donors (Lipinski definition) is 4. The third kappa shape index (κ3) is 47.0. The van der Waals surface area contributed by atoms with Crippen LogP contribution in [0.25, 0.3) is 0 Å². The van der Waals surface area contributed by atoms with E-state index in [4.69, 9.17) is 13.8 Å². The Morgan fingerprint density at radius 1 is 0.438 bits per heavy atom. The Bertz CT molecular complexity index is 1090. The molecule has 4 N–H and O–H groups in total. The average Bonchev–Trinajstić information content (AvgIpc) is 3.27. The van der Waals surface area contributed by atoms with Crippen molar-refractivity contribution >= 4 is 25.7 Å². The summed E-state index contributed by atoms with van der Waals surface area (Å²) < 4.78 is 27.0. The van der Waals surface area contributed by atoms with Gasteiger partial charge in [-0.15, -0.1) is 0 Å². The molecule has 0 aromatic rings. The quantitative estimate of drug-likeness (QED) is 0.0262. The van der Waals surface area contributed by atoms with E-state index >= 15 is 0 Å². The summed E-state index contributed by atoms with van der Waals surface area (Å²) in [6.45, 7) is 2.66. The molecule has 0 saturated carbocycles. The molecule has 11 nitrogen and oxygen atoms in total. The van der Waals surface area contributed by atoms with Crippen molar-refractivity contribution in [2.24, 2.45) is 0 Å². The summed E-state index contributed by atoms with van der Waals surface area (Å²) in [6, 6.07) is -1.54. The van der Waals surface area contributed by atoms with Crippen LogP contribution in [0.3, 0.4) is 0 Å². The van der Waals surface area contributed by atoms with Crippen LogP contribution in [0, 0.1) is 0 Å². The minimum atomic E-state index is -4.75. The number of ether oxygens (including phenoxy) is 1. The molecule has 3 atom stereocenters. The lowest BCUT2D eigenvalue weighted by molar-refractivity contribution is -0.147. The van der Waals surface area contributed by atoms with Gasteiger partial charge in [0.2, 0.25) is 5.91 Å². The highest BCUT2D eigenvalue weighted by molar-refractivity contribution is 7.47. The normalized spacial score (nSPS) is 13.4. The molecule has 1 amide bonds. The largest absolute Gasteiger partial charge is 0.480 e. The predicted molar refractivity (Wildman–Crippen MR) is 264 cm³/mol. The van der Waals surface area contributed by atoms with E-state index in [0.29, 0.717) is 12.8 Å². The highest BCUT2D eigenvalue weighted by atomic mass is 31.2. The molecule has 0 rings (SSSR count). The van der Waals surface area contributed by atoms with Gasteiger partial charge in [0.25, 0.3) is 0 Å². The zero-order chi connectivity index (χ0) is 47.0. The third-order valence-electron chi connectivity index (χ3n) is 12.4. The van der Waals surface area contributed by atoms with Gasteiger partial charge in [0.05, 0.1) is 13.2 Å².